The first kappa shape index (κ1) is 20.7. The SMILES string of the molecule is Nc1ncc(-c2nc(OCc3ccccn3)nc(N3CCOCC3)n2)c(C(F)(F)F)n1. The van der Waals surface area contributed by atoms with Crippen molar-refractivity contribution in [1.29, 1.82) is 0 Å². The van der Waals surface area contributed by atoms with E-state index in [-0.39, 0.29) is 24.4 Å². The molecule has 0 spiro atoms. The molecule has 0 aromatic carbocycles. The number of ether oxygens (including phenoxy) is 2. The highest BCUT2D eigenvalue weighted by Crippen LogP contribution is 2.35. The van der Waals surface area contributed by atoms with Gasteiger partial charge in [0.15, 0.2) is 11.5 Å². The van der Waals surface area contributed by atoms with Crippen LogP contribution >= 0.6 is 0 Å². The summed E-state index contributed by atoms with van der Waals surface area (Å²) in [5.41, 5.74) is 4.29. The topological polar surface area (TPSA) is 125 Å². The zero-order valence-electron chi connectivity index (χ0n) is 16.1. The van der Waals surface area contributed by atoms with Crippen LogP contribution in [0.1, 0.15) is 11.4 Å². The van der Waals surface area contributed by atoms with Crippen molar-refractivity contribution in [3.05, 3.63) is 42.0 Å². The summed E-state index contributed by atoms with van der Waals surface area (Å²) in [6.07, 6.45) is -2.25. The summed E-state index contributed by atoms with van der Waals surface area (Å²) in [7, 11) is 0. The largest absolute Gasteiger partial charge is 0.457 e. The van der Waals surface area contributed by atoms with E-state index in [2.05, 4.69) is 29.9 Å². The summed E-state index contributed by atoms with van der Waals surface area (Å²) < 4.78 is 51.6. The number of morpholine rings is 1. The van der Waals surface area contributed by atoms with Gasteiger partial charge in [-0.15, -0.1) is 0 Å². The lowest BCUT2D eigenvalue weighted by Gasteiger charge is -2.27. The van der Waals surface area contributed by atoms with Crippen molar-refractivity contribution in [2.75, 3.05) is 36.9 Å². The Balaban J connectivity index is 1.74. The van der Waals surface area contributed by atoms with Crippen molar-refractivity contribution < 1.29 is 22.6 Å². The zero-order valence-corrected chi connectivity index (χ0v) is 16.1. The molecule has 0 atom stereocenters. The molecule has 3 aromatic heterocycles. The van der Waals surface area contributed by atoms with E-state index in [1.54, 1.807) is 29.3 Å². The highest BCUT2D eigenvalue weighted by molar-refractivity contribution is 5.60. The maximum atomic E-state index is 13.6. The summed E-state index contributed by atoms with van der Waals surface area (Å²) in [6.45, 7) is 1.83. The number of rotatable bonds is 5. The molecule has 1 aliphatic heterocycles. The number of hydrogen-bond donors (Lipinski definition) is 1. The van der Waals surface area contributed by atoms with Gasteiger partial charge in [-0.25, -0.2) is 9.97 Å². The zero-order chi connectivity index (χ0) is 21.8. The van der Waals surface area contributed by atoms with Crippen LogP contribution in [-0.2, 0) is 17.5 Å². The van der Waals surface area contributed by atoms with E-state index in [0.717, 1.165) is 6.20 Å². The minimum absolute atomic E-state index is 0.0250. The van der Waals surface area contributed by atoms with Crippen LogP contribution in [0.2, 0.25) is 0 Å². The second-order valence-electron chi connectivity index (χ2n) is 6.44. The quantitative estimate of drug-likeness (QED) is 0.635. The third-order valence-corrected chi connectivity index (χ3v) is 4.29. The van der Waals surface area contributed by atoms with Crippen LogP contribution in [0.3, 0.4) is 0 Å². The molecule has 31 heavy (non-hydrogen) atoms. The third-order valence-electron chi connectivity index (χ3n) is 4.29. The molecule has 1 aliphatic rings. The van der Waals surface area contributed by atoms with E-state index >= 15 is 0 Å². The molecule has 0 bridgehead atoms. The van der Waals surface area contributed by atoms with Gasteiger partial charge >= 0.3 is 12.2 Å². The number of hydrogen-bond acceptors (Lipinski definition) is 10. The lowest BCUT2D eigenvalue weighted by molar-refractivity contribution is -0.140. The van der Waals surface area contributed by atoms with E-state index < -0.39 is 23.4 Å². The number of aromatic nitrogens is 6. The fraction of sp³-hybridized carbons (Fsp3) is 0.333. The van der Waals surface area contributed by atoms with Gasteiger partial charge in [0, 0.05) is 25.5 Å². The Kier molecular flexibility index (Phi) is 5.75. The first-order valence-electron chi connectivity index (χ1n) is 9.22. The smallest absolute Gasteiger partial charge is 0.434 e. The van der Waals surface area contributed by atoms with Gasteiger partial charge in [-0.2, -0.15) is 28.1 Å². The van der Waals surface area contributed by atoms with Crippen LogP contribution < -0.4 is 15.4 Å². The van der Waals surface area contributed by atoms with E-state index in [9.17, 15) is 13.2 Å². The maximum absolute atomic E-state index is 13.6. The van der Waals surface area contributed by atoms with Crippen molar-refractivity contribution >= 4 is 11.9 Å². The monoisotopic (exact) mass is 434 g/mol. The lowest BCUT2D eigenvalue weighted by Crippen LogP contribution is -2.37. The molecule has 1 saturated heterocycles. The average molecular weight is 434 g/mol. The van der Waals surface area contributed by atoms with Crippen molar-refractivity contribution in [2.45, 2.75) is 12.8 Å². The normalized spacial score (nSPS) is 14.5. The van der Waals surface area contributed by atoms with Crippen molar-refractivity contribution in [3.63, 3.8) is 0 Å². The molecule has 4 heterocycles. The standard InChI is InChI=1S/C18H17F3N8O2/c19-18(20,21)13-12(9-24-15(22)25-13)14-26-16(29-5-7-30-8-6-29)28-17(27-14)31-10-11-3-1-2-4-23-11/h1-4,9H,5-8,10H2,(H2,22,24,25). The summed E-state index contributed by atoms with van der Waals surface area (Å²) in [5, 5.41) is 0. The van der Waals surface area contributed by atoms with Gasteiger partial charge in [-0.05, 0) is 12.1 Å². The van der Waals surface area contributed by atoms with Gasteiger partial charge in [0.05, 0.1) is 24.5 Å². The Bertz CT molecular complexity index is 1050. The van der Waals surface area contributed by atoms with Gasteiger partial charge in [0.2, 0.25) is 11.9 Å². The summed E-state index contributed by atoms with van der Waals surface area (Å²) >= 11 is 0. The molecule has 13 heteroatoms. The first-order chi connectivity index (χ1) is 14.9. The maximum Gasteiger partial charge on any atom is 0.434 e. The minimum atomic E-state index is -4.78. The molecule has 0 saturated carbocycles. The molecular weight excluding hydrogens is 417 g/mol. The second kappa shape index (κ2) is 8.63. The summed E-state index contributed by atoms with van der Waals surface area (Å²) in [4.78, 5) is 25.5. The van der Waals surface area contributed by atoms with Crippen LogP contribution in [-0.4, -0.2) is 56.2 Å². The second-order valence-corrected chi connectivity index (χ2v) is 6.44. The number of alkyl halides is 3. The van der Waals surface area contributed by atoms with Gasteiger partial charge in [-0.1, -0.05) is 6.07 Å². The summed E-state index contributed by atoms with van der Waals surface area (Å²) in [6, 6.07) is 5.12. The van der Waals surface area contributed by atoms with Gasteiger partial charge in [0.25, 0.3) is 0 Å². The minimum Gasteiger partial charge on any atom is -0.457 e. The molecule has 4 rings (SSSR count). The highest BCUT2D eigenvalue weighted by Gasteiger charge is 2.37. The predicted octanol–water partition coefficient (Wildman–Crippen LogP) is 1.74. The van der Waals surface area contributed by atoms with Crippen LogP contribution in [0.25, 0.3) is 11.4 Å². The van der Waals surface area contributed by atoms with Crippen molar-refractivity contribution in [3.8, 4) is 17.4 Å². The number of nitrogens with two attached hydrogens (primary N) is 1. The fourth-order valence-corrected chi connectivity index (χ4v) is 2.83. The molecule has 0 radical (unpaired) electrons. The number of nitrogen functional groups attached to an aromatic ring is 1. The predicted molar refractivity (Wildman–Crippen MR) is 102 cm³/mol. The highest BCUT2D eigenvalue weighted by atomic mass is 19.4. The number of nitrogens with zero attached hydrogens (tertiary/aromatic N) is 7. The molecular formula is C18H17F3N8O2. The van der Waals surface area contributed by atoms with Gasteiger partial charge in [0.1, 0.15) is 6.61 Å². The molecule has 0 aliphatic carbocycles. The van der Waals surface area contributed by atoms with Crippen LogP contribution in [0, 0.1) is 0 Å². The van der Waals surface area contributed by atoms with Crippen molar-refractivity contribution in [1.82, 2.24) is 29.9 Å². The molecule has 3 aromatic rings. The third kappa shape index (κ3) is 4.94. The van der Waals surface area contributed by atoms with Crippen LogP contribution in [0.5, 0.6) is 6.01 Å². The lowest BCUT2D eigenvalue weighted by atomic mass is 10.2. The number of halogens is 3. The number of anilines is 2. The van der Waals surface area contributed by atoms with E-state index in [1.165, 1.54) is 0 Å². The fourth-order valence-electron chi connectivity index (χ4n) is 2.83. The molecule has 10 nitrogen and oxygen atoms in total. The first-order valence-corrected chi connectivity index (χ1v) is 9.22. The molecule has 0 amide bonds. The Labute approximate surface area is 174 Å². The van der Waals surface area contributed by atoms with E-state index in [4.69, 9.17) is 15.2 Å². The van der Waals surface area contributed by atoms with Crippen molar-refractivity contribution in [2.24, 2.45) is 0 Å². The molecule has 162 valence electrons. The van der Waals surface area contributed by atoms with E-state index in [1.807, 2.05) is 0 Å². The molecule has 0 unspecified atom stereocenters. The average Bonchev–Trinajstić information content (AvgIpc) is 2.78. The Morgan fingerprint density at radius 3 is 2.58 bits per heavy atom. The number of pyridine rings is 1. The Morgan fingerprint density at radius 1 is 1.06 bits per heavy atom. The molecule has 1 fully saturated rings. The van der Waals surface area contributed by atoms with Gasteiger partial charge in [-0.3, -0.25) is 4.98 Å². The molecule has 2 N–H and O–H groups in total. The summed E-state index contributed by atoms with van der Waals surface area (Å²) in [5.74, 6) is -0.626. The van der Waals surface area contributed by atoms with E-state index in [0.29, 0.717) is 32.0 Å². The van der Waals surface area contributed by atoms with Gasteiger partial charge < -0.3 is 20.1 Å². The van der Waals surface area contributed by atoms with Crippen LogP contribution in [0.15, 0.2) is 30.6 Å². The Hall–Kier alpha value is -3.61. The van der Waals surface area contributed by atoms with Crippen LogP contribution in [0.4, 0.5) is 25.1 Å². The Morgan fingerprint density at radius 2 is 1.87 bits per heavy atom.